The molecule has 1 aromatic carbocycles. The lowest BCUT2D eigenvalue weighted by atomic mass is 9.92. The third-order valence-electron chi connectivity index (χ3n) is 3.17. The van der Waals surface area contributed by atoms with E-state index in [1.165, 1.54) is 5.56 Å². The summed E-state index contributed by atoms with van der Waals surface area (Å²) in [5.41, 5.74) is 3.32. The summed E-state index contributed by atoms with van der Waals surface area (Å²) in [6.07, 6.45) is 4.14. The number of nitrogens with zero attached hydrogens (tertiary/aromatic N) is 1. The molecule has 94 valence electrons. The van der Waals surface area contributed by atoms with Gasteiger partial charge < -0.3 is 5.11 Å². The minimum atomic E-state index is -0.424. The summed E-state index contributed by atoms with van der Waals surface area (Å²) in [7, 11) is 0. The van der Waals surface area contributed by atoms with Gasteiger partial charge in [0, 0.05) is 12.4 Å². The maximum absolute atomic E-state index is 10.3. The van der Waals surface area contributed by atoms with Crippen LogP contribution in [0.25, 0.3) is 0 Å². The molecule has 18 heavy (non-hydrogen) atoms. The first-order valence-corrected chi connectivity index (χ1v) is 6.30. The molecule has 0 amide bonds. The van der Waals surface area contributed by atoms with Crippen LogP contribution in [0.1, 0.15) is 29.7 Å². The van der Waals surface area contributed by atoms with Crippen LogP contribution in [0.3, 0.4) is 0 Å². The third kappa shape index (κ3) is 3.17. The number of hydrogen-bond acceptors (Lipinski definition) is 2. The van der Waals surface area contributed by atoms with E-state index in [2.05, 4.69) is 18.0 Å². The molecule has 0 aliphatic carbocycles. The van der Waals surface area contributed by atoms with Crippen LogP contribution < -0.4 is 0 Å². The number of aliphatic hydroxyl groups is 1. The fourth-order valence-corrected chi connectivity index (χ4v) is 2.19. The minimum absolute atomic E-state index is 0.177. The maximum Gasteiger partial charge on any atom is 0.0818 e. The highest BCUT2D eigenvalue weighted by atomic mass is 16.3. The summed E-state index contributed by atoms with van der Waals surface area (Å²) in [4.78, 5) is 4.19. The van der Waals surface area contributed by atoms with Gasteiger partial charge in [-0.15, -0.1) is 0 Å². The topological polar surface area (TPSA) is 33.1 Å². The number of aryl methyl sites for hydroxylation is 1. The first-order chi connectivity index (χ1) is 8.66. The van der Waals surface area contributed by atoms with E-state index in [-0.39, 0.29) is 5.92 Å². The Morgan fingerprint density at radius 2 is 1.89 bits per heavy atom. The summed E-state index contributed by atoms with van der Waals surface area (Å²) in [5.74, 6) is 0.177. The van der Waals surface area contributed by atoms with Gasteiger partial charge in [-0.05, 0) is 36.0 Å². The normalized spacial score (nSPS) is 14.2. The van der Waals surface area contributed by atoms with Gasteiger partial charge >= 0.3 is 0 Å². The van der Waals surface area contributed by atoms with Crippen molar-refractivity contribution in [2.24, 2.45) is 5.92 Å². The molecule has 2 nitrogen and oxygen atoms in total. The van der Waals surface area contributed by atoms with Gasteiger partial charge in [-0.1, -0.05) is 43.3 Å². The van der Waals surface area contributed by atoms with Crippen molar-refractivity contribution >= 4 is 0 Å². The van der Waals surface area contributed by atoms with Crippen molar-refractivity contribution in [1.82, 2.24) is 4.98 Å². The molecule has 2 rings (SSSR count). The summed E-state index contributed by atoms with van der Waals surface area (Å²) in [5, 5.41) is 10.3. The Labute approximate surface area is 108 Å². The number of hydrogen-bond donors (Lipinski definition) is 1. The lowest BCUT2D eigenvalue weighted by Gasteiger charge is -2.19. The van der Waals surface area contributed by atoms with E-state index in [0.717, 1.165) is 17.5 Å². The van der Waals surface area contributed by atoms with Crippen molar-refractivity contribution in [2.75, 3.05) is 0 Å². The molecule has 0 fully saturated rings. The molecule has 2 aromatic rings. The number of benzene rings is 1. The summed E-state index contributed by atoms with van der Waals surface area (Å²) < 4.78 is 0. The Balaban J connectivity index is 2.06. The lowest BCUT2D eigenvalue weighted by Crippen LogP contribution is -2.12. The second-order valence-corrected chi connectivity index (χ2v) is 4.91. The molecule has 0 saturated carbocycles. The van der Waals surface area contributed by atoms with Crippen LogP contribution in [0, 0.1) is 12.8 Å². The third-order valence-corrected chi connectivity index (χ3v) is 3.17. The Morgan fingerprint density at radius 1 is 1.17 bits per heavy atom. The van der Waals surface area contributed by atoms with Gasteiger partial charge in [-0.25, -0.2) is 0 Å². The Bertz CT molecular complexity index is 495. The molecule has 0 radical (unpaired) electrons. The van der Waals surface area contributed by atoms with E-state index in [1.807, 2.05) is 49.6 Å². The molecule has 1 heterocycles. The van der Waals surface area contributed by atoms with Crippen LogP contribution in [-0.2, 0) is 6.42 Å². The zero-order valence-corrected chi connectivity index (χ0v) is 10.9. The van der Waals surface area contributed by atoms with E-state index in [4.69, 9.17) is 0 Å². The minimum Gasteiger partial charge on any atom is -0.388 e. The molecule has 0 bridgehead atoms. The molecule has 0 saturated heterocycles. The molecular weight excluding hydrogens is 222 g/mol. The highest BCUT2D eigenvalue weighted by Gasteiger charge is 2.16. The van der Waals surface area contributed by atoms with Crippen molar-refractivity contribution < 1.29 is 5.11 Å². The number of aliphatic hydroxyl groups excluding tert-OH is 1. The second kappa shape index (κ2) is 5.78. The van der Waals surface area contributed by atoms with E-state index >= 15 is 0 Å². The molecule has 2 atom stereocenters. The largest absolute Gasteiger partial charge is 0.388 e. The zero-order valence-electron chi connectivity index (χ0n) is 10.9. The van der Waals surface area contributed by atoms with Gasteiger partial charge in [0.1, 0.15) is 0 Å². The molecule has 2 unspecified atom stereocenters. The predicted octanol–water partition coefficient (Wildman–Crippen LogP) is 3.30. The number of pyridine rings is 1. The van der Waals surface area contributed by atoms with Gasteiger partial charge in [0.05, 0.1) is 6.10 Å². The average Bonchev–Trinajstić information content (AvgIpc) is 2.39. The zero-order chi connectivity index (χ0) is 13.0. The smallest absolute Gasteiger partial charge is 0.0818 e. The predicted molar refractivity (Wildman–Crippen MR) is 73.2 cm³/mol. The molecule has 1 aromatic heterocycles. The van der Waals surface area contributed by atoms with Crippen LogP contribution >= 0.6 is 0 Å². The van der Waals surface area contributed by atoms with E-state index in [9.17, 15) is 5.11 Å². The second-order valence-electron chi connectivity index (χ2n) is 4.91. The molecule has 0 aliphatic rings. The van der Waals surface area contributed by atoms with Gasteiger partial charge in [-0.3, -0.25) is 4.98 Å². The SMILES string of the molecule is Cc1cncc(CC(C)C(O)c2ccccc2)c1. The number of aromatic nitrogens is 1. The highest BCUT2D eigenvalue weighted by molar-refractivity contribution is 5.20. The quantitative estimate of drug-likeness (QED) is 0.891. The average molecular weight is 241 g/mol. The van der Waals surface area contributed by atoms with Gasteiger partial charge in [0.15, 0.2) is 0 Å². The van der Waals surface area contributed by atoms with E-state index in [0.29, 0.717) is 0 Å². The molecular formula is C16H19NO. The Hall–Kier alpha value is -1.67. The van der Waals surface area contributed by atoms with Crippen molar-refractivity contribution in [3.05, 3.63) is 65.5 Å². The van der Waals surface area contributed by atoms with Crippen molar-refractivity contribution in [3.8, 4) is 0 Å². The van der Waals surface area contributed by atoms with Crippen LogP contribution in [-0.4, -0.2) is 10.1 Å². The van der Waals surface area contributed by atoms with Gasteiger partial charge in [0.25, 0.3) is 0 Å². The highest BCUT2D eigenvalue weighted by Crippen LogP contribution is 2.24. The monoisotopic (exact) mass is 241 g/mol. The van der Waals surface area contributed by atoms with Crippen LogP contribution in [0.15, 0.2) is 48.8 Å². The summed E-state index contributed by atoms with van der Waals surface area (Å²) in [6, 6.07) is 11.9. The summed E-state index contributed by atoms with van der Waals surface area (Å²) in [6.45, 7) is 4.11. The fraction of sp³-hybridized carbons (Fsp3) is 0.312. The molecule has 2 heteroatoms. The Morgan fingerprint density at radius 3 is 2.56 bits per heavy atom. The molecule has 1 N–H and O–H groups in total. The first kappa shape index (κ1) is 12.8. The molecule has 0 aliphatic heterocycles. The van der Waals surface area contributed by atoms with Crippen molar-refractivity contribution in [1.29, 1.82) is 0 Å². The van der Waals surface area contributed by atoms with Crippen LogP contribution in [0.4, 0.5) is 0 Å². The van der Waals surface area contributed by atoms with Crippen LogP contribution in [0.2, 0.25) is 0 Å². The number of rotatable bonds is 4. The standard InChI is InChI=1S/C16H19NO/c1-12-8-14(11-17-10-12)9-13(2)16(18)15-6-4-3-5-7-15/h3-8,10-11,13,16,18H,9H2,1-2H3. The van der Waals surface area contributed by atoms with E-state index < -0.39 is 6.10 Å². The van der Waals surface area contributed by atoms with Crippen molar-refractivity contribution in [3.63, 3.8) is 0 Å². The van der Waals surface area contributed by atoms with Gasteiger partial charge in [0.2, 0.25) is 0 Å². The fourth-order valence-electron chi connectivity index (χ4n) is 2.19. The summed E-state index contributed by atoms with van der Waals surface area (Å²) >= 11 is 0. The first-order valence-electron chi connectivity index (χ1n) is 6.30. The van der Waals surface area contributed by atoms with E-state index in [1.54, 1.807) is 0 Å². The Kier molecular flexibility index (Phi) is 4.11. The lowest BCUT2D eigenvalue weighted by molar-refractivity contribution is 0.117. The van der Waals surface area contributed by atoms with Crippen LogP contribution in [0.5, 0.6) is 0 Å². The van der Waals surface area contributed by atoms with Crippen molar-refractivity contribution in [2.45, 2.75) is 26.4 Å². The maximum atomic E-state index is 10.3. The molecule has 0 spiro atoms. The van der Waals surface area contributed by atoms with Gasteiger partial charge in [-0.2, -0.15) is 0 Å².